The summed E-state index contributed by atoms with van der Waals surface area (Å²) >= 11 is 1.43. The Morgan fingerprint density at radius 3 is 2.65 bits per heavy atom. The average Bonchev–Trinajstić information content (AvgIpc) is 2.62. The molecule has 1 aromatic heterocycles. The molecule has 0 saturated carbocycles. The minimum atomic E-state index is -0.945. The lowest BCUT2D eigenvalue weighted by molar-refractivity contribution is 0.0782. The lowest BCUT2D eigenvalue weighted by Gasteiger charge is -2.12. The van der Waals surface area contributed by atoms with Crippen LogP contribution in [0.25, 0.3) is 5.76 Å². The first kappa shape index (κ1) is 14.0. The van der Waals surface area contributed by atoms with Gasteiger partial charge in [0.25, 0.3) is 0 Å². The van der Waals surface area contributed by atoms with Gasteiger partial charge in [-0.05, 0) is 27.7 Å². The molecule has 0 atom stereocenters. The number of hydrogen-bond acceptors (Lipinski definition) is 5. The van der Waals surface area contributed by atoms with Crippen LogP contribution in [0.4, 0.5) is 5.00 Å². The molecule has 0 unspecified atom stereocenters. The van der Waals surface area contributed by atoms with Crippen molar-refractivity contribution < 1.29 is 9.84 Å². The van der Waals surface area contributed by atoms with Gasteiger partial charge in [-0.2, -0.15) is 0 Å². The van der Waals surface area contributed by atoms with E-state index in [2.05, 4.69) is 16.9 Å². The van der Waals surface area contributed by atoms with Crippen LogP contribution in [0.15, 0.2) is 6.58 Å². The van der Waals surface area contributed by atoms with Gasteiger partial charge in [0.2, 0.25) is 0 Å². The molecule has 1 aromatic rings. The van der Waals surface area contributed by atoms with E-state index in [1.807, 2.05) is 13.8 Å². The van der Waals surface area contributed by atoms with E-state index in [0.717, 1.165) is 11.5 Å². The molecule has 4 nitrogen and oxygen atoms in total. The van der Waals surface area contributed by atoms with Gasteiger partial charge in [-0.3, -0.25) is 0 Å². The smallest absolute Gasteiger partial charge is 0.140 e. The monoisotopic (exact) mass is 256 g/mol. The van der Waals surface area contributed by atoms with Crippen molar-refractivity contribution >= 4 is 22.1 Å². The van der Waals surface area contributed by atoms with Crippen molar-refractivity contribution in [1.29, 1.82) is 0 Å². The summed E-state index contributed by atoms with van der Waals surface area (Å²) in [6.07, 6.45) is 0. The Labute approximate surface area is 106 Å². The molecule has 0 saturated heterocycles. The zero-order chi connectivity index (χ0) is 13.1. The molecule has 0 aromatic carbocycles. The van der Waals surface area contributed by atoms with E-state index < -0.39 is 5.60 Å². The van der Waals surface area contributed by atoms with E-state index in [4.69, 9.17) is 4.74 Å². The molecule has 1 heterocycles. The van der Waals surface area contributed by atoms with Gasteiger partial charge < -0.3 is 15.2 Å². The Bertz CT molecular complexity index is 394. The molecular formula is C12H20N2O2S. The highest BCUT2D eigenvalue weighted by Gasteiger charge is 2.24. The number of ether oxygens (including phenoxy) is 1. The van der Waals surface area contributed by atoms with E-state index in [1.165, 1.54) is 11.3 Å². The maximum Gasteiger partial charge on any atom is 0.140 e. The predicted molar refractivity (Wildman–Crippen MR) is 72.2 cm³/mol. The van der Waals surface area contributed by atoms with Crippen LogP contribution in [0.3, 0.4) is 0 Å². The second-order valence-corrected chi connectivity index (χ2v) is 5.14. The van der Waals surface area contributed by atoms with Gasteiger partial charge in [0.15, 0.2) is 0 Å². The summed E-state index contributed by atoms with van der Waals surface area (Å²) < 4.78 is 5.37. The number of anilines is 1. The number of hydrogen-bond donors (Lipinski definition) is 2. The first-order valence-electron chi connectivity index (χ1n) is 5.69. The third-order valence-electron chi connectivity index (χ3n) is 2.07. The van der Waals surface area contributed by atoms with Crippen LogP contribution in [0.5, 0.6) is 0 Å². The number of thiazole rings is 1. The molecule has 0 bridgehead atoms. The zero-order valence-corrected chi connectivity index (χ0v) is 11.6. The number of aliphatic hydroxyl groups is 1. The van der Waals surface area contributed by atoms with Crippen molar-refractivity contribution in [3.63, 3.8) is 0 Å². The summed E-state index contributed by atoms with van der Waals surface area (Å²) in [5.74, 6) is 0.537. The molecule has 17 heavy (non-hydrogen) atoms. The lowest BCUT2D eigenvalue weighted by Crippen LogP contribution is -2.14. The summed E-state index contributed by atoms with van der Waals surface area (Å²) in [7, 11) is 0. The Morgan fingerprint density at radius 2 is 2.18 bits per heavy atom. The van der Waals surface area contributed by atoms with Crippen molar-refractivity contribution in [2.24, 2.45) is 0 Å². The van der Waals surface area contributed by atoms with Crippen LogP contribution in [-0.4, -0.2) is 23.2 Å². The molecule has 96 valence electrons. The van der Waals surface area contributed by atoms with E-state index in [1.54, 1.807) is 13.8 Å². The summed E-state index contributed by atoms with van der Waals surface area (Å²) in [4.78, 5) is 4.40. The molecule has 0 fully saturated rings. The summed E-state index contributed by atoms with van der Waals surface area (Å²) in [6, 6.07) is 0. The van der Waals surface area contributed by atoms with E-state index >= 15 is 0 Å². The van der Waals surface area contributed by atoms with Crippen molar-refractivity contribution in [3.05, 3.63) is 17.3 Å². The maximum atomic E-state index is 9.96. The highest BCUT2D eigenvalue weighted by molar-refractivity contribution is 7.16. The first-order valence-corrected chi connectivity index (χ1v) is 6.51. The quantitative estimate of drug-likeness (QED) is 0.768. The van der Waals surface area contributed by atoms with Crippen LogP contribution in [0, 0.1) is 0 Å². The SMILES string of the molecule is C=C(OCC)c1nc(C(C)(C)O)sc1NCC. The molecule has 1 rings (SSSR count). The molecule has 2 N–H and O–H groups in total. The molecular weight excluding hydrogens is 236 g/mol. The highest BCUT2D eigenvalue weighted by atomic mass is 32.1. The zero-order valence-electron chi connectivity index (χ0n) is 10.8. The maximum absolute atomic E-state index is 9.96. The molecule has 0 aliphatic carbocycles. The number of rotatable bonds is 6. The molecule has 0 aliphatic rings. The van der Waals surface area contributed by atoms with Gasteiger partial charge in [0, 0.05) is 6.54 Å². The van der Waals surface area contributed by atoms with E-state index in [0.29, 0.717) is 23.1 Å². The van der Waals surface area contributed by atoms with Crippen LogP contribution < -0.4 is 5.32 Å². The minimum Gasteiger partial charge on any atom is -0.492 e. The minimum absolute atomic E-state index is 0.537. The number of nitrogens with one attached hydrogen (secondary N) is 1. The van der Waals surface area contributed by atoms with Crippen molar-refractivity contribution in [1.82, 2.24) is 4.98 Å². The molecule has 0 aliphatic heterocycles. The van der Waals surface area contributed by atoms with Crippen molar-refractivity contribution in [2.75, 3.05) is 18.5 Å². The van der Waals surface area contributed by atoms with Gasteiger partial charge >= 0.3 is 0 Å². The van der Waals surface area contributed by atoms with Gasteiger partial charge in [0.05, 0.1) is 6.61 Å². The fraction of sp³-hybridized carbons (Fsp3) is 0.583. The molecule has 0 spiro atoms. The summed E-state index contributed by atoms with van der Waals surface area (Å²) in [5, 5.41) is 14.7. The Kier molecular flexibility index (Phi) is 4.54. The molecule has 0 amide bonds. The Morgan fingerprint density at radius 1 is 1.53 bits per heavy atom. The largest absolute Gasteiger partial charge is 0.492 e. The second-order valence-electron chi connectivity index (χ2n) is 4.14. The van der Waals surface area contributed by atoms with Gasteiger partial charge in [-0.15, -0.1) is 0 Å². The normalized spacial score (nSPS) is 11.4. The Hall–Kier alpha value is -1.07. The standard InChI is InChI=1S/C12H20N2O2S/c1-6-13-10-9(8(3)16-7-2)14-11(17-10)12(4,5)15/h13,15H,3,6-7H2,1-2,4-5H3. The van der Waals surface area contributed by atoms with Gasteiger partial charge in [0.1, 0.15) is 27.1 Å². The fourth-order valence-corrected chi connectivity index (χ4v) is 2.35. The number of nitrogens with zero attached hydrogens (tertiary/aromatic N) is 1. The van der Waals surface area contributed by atoms with Crippen molar-refractivity contribution in [3.8, 4) is 0 Å². The predicted octanol–water partition coefficient (Wildman–Crippen LogP) is 2.81. The van der Waals surface area contributed by atoms with Gasteiger partial charge in [-0.1, -0.05) is 17.9 Å². The topological polar surface area (TPSA) is 54.4 Å². The third-order valence-corrected chi connectivity index (χ3v) is 3.40. The average molecular weight is 256 g/mol. The highest BCUT2D eigenvalue weighted by Crippen LogP contribution is 2.34. The second kappa shape index (κ2) is 5.51. The molecule has 0 radical (unpaired) electrons. The summed E-state index contributed by atoms with van der Waals surface area (Å²) in [5.41, 5.74) is -0.254. The van der Waals surface area contributed by atoms with E-state index in [-0.39, 0.29) is 0 Å². The fourth-order valence-electron chi connectivity index (χ4n) is 1.29. The van der Waals surface area contributed by atoms with E-state index in [9.17, 15) is 5.11 Å². The van der Waals surface area contributed by atoms with Gasteiger partial charge in [-0.25, -0.2) is 4.98 Å². The van der Waals surface area contributed by atoms with Crippen molar-refractivity contribution in [2.45, 2.75) is 33.3 Å². The van der Waals surface area contributed by atoms with Crippen LogP contribution >= 0.6 is 11.3 Å². The summed E-state index contributed by atoms with van der Waals surface area (Å²) in [6.45, 7) is 12.5. The van der Waals surface area contributed by atoms with Crippen LogP contribution in [0.1, 0.15) is 38.4 Å². The first-order chi connectivity index (χ1) is 7.90. The Balaban J connectivity index is 3.09. The third kappa shape index (κ3) is 3.44. The molecule has 5 heteroatoms. The number of aromatic nitrogens is 1. The lowest BCUT2D eigenvalue weighted by atomic mass is 10.1. The van der Waals surface area contributed by atoms with Crippen LogP contribution in [-0.2, 0) is 10.3 Å². The van der Waals surface area contributed by atoms with Crippen LogP contribution in [0.2, 0.25) is 0 Å².